The fraction of sp³-hybridized carbons (Fsp3) is 0.318. The molecule has 1 heterocycles. The molecule has 8 heteroatoms. The van der Waals surface area contributed by atoms with Crippen LogP contribution in [0.25, 0.3) is 21.1 Å². The average molecular weight is 425 g/mol. The molecule has 0 spiro atoms. The number of nitrogens with zero attached hydrogens (tertiary/aromatic N) is 2. The molecule has 4 rings (SSSR count). The summed E-state index contributed by atoms with van der Waals surface area (Å²) in [4.78, 5) is 10.9. The van der Waals surface area contributed by atoms with E-state index in [9.17, 15) is 4.79 Å². The van der Waals surface area contributed by atoms with Gasteiger partial charge >= 0.3 is 5.97 Å². The van der Waals surface area contributed by atoms with Crippen LogP contribution in [0.15, 0.2) is 36.4 Å². The van der Waals surface area contributed by atoms with E-state index >= 15 is 0 Å². The molecule has 1 aliphatic carbocycles. The van der Waals surface area contributed by atoms with Gasteiger partial charge in [0.05, 0.1) is 18.3 Å². The summed E-state index contributed by atoms with van der Waals surface area (Å²) in [6.07, 6.45) is 1.81. The zero-order valence-corrected chi connectivity index (χ0v) is 17.7. The van der Waals surface area contributed by atoms with E-state index in [2.05, 4.69) is 27.6 Å². The van der Waals surface area contributed by atoms with E-state index in [1.807, 2.05) is 38.1 Å². The Kier molecular flexibility index (Phi) is 5.69. The molecule has 4 N–H and O–H groups in total. The third kappa shape index (κ3) is 4.15. The number of benzene rings is 2. The minimum Gasteiger partial charge on any atom is -0.489 e. The van der Waals surface area contributed by atoms with Crippen LogP contribution < -0.4 is 15.8 Å². The predicted octanol–water partition coefficient (Wildman–Crippen LogP) is 3.90. The summed E-state index contributed by atoms with van der Waals surface area (Å²) in [5.41, 5.74) is 11.0. The van der Waals surface area contributed by atoms with Crippen LogP contribution in [0.4, 0.5) is 5.69 Å². The standard InChI is InChI=1S/C22H24N4O3S/c1-12(2)29-19-9-6-13(10-17(19)23)21-25-26-22(30-21)16-5-3-4-15-14(16)7-8-18(15)24-11-20(27)28/h3-6,9-10,12,18,24H,7-8,11,23H2,1-2H3,(H,27,28). The van der Waals surface area contributed by atoms with Crippen molar-refractivity contribution in [3.05, 3.63) is 47.5 Å². The molecule has 30 heavy (non-hydrogen) atoms. The number of nitrogens with two attached hydrogens (primary N) is 1. The summed E-state index contributed by atoms with van der Waals surface area (Å²) < 4.78 is 5.71. The maximum Gasteiger partial charge on any atom is 0.317 e. The van der Waals surface area contributed by atoms with Gasteiger partial charge in [-0.3, -0.25) is 4.79 Å². The Balaban J connectivity index is 1.60. The van der Waals surface area contributed by atoms with Gasteiger partial charge in [0, 0.05) is 17.2 Å². The Hall–Kier alpha value is -2.97. The van der Waals surface area contributed by atoms with Crippen molar-refractivity contribution < 1.29 is 14.6 Å². The molecule has 3 aromatic rings. The highest BCUT2D eigenvalue weighted by Gasteiger charge is 2.26. The first-order chi connectivity index (χ1) is 14.4. The van der Waals surface area contributed by atoms with Gasteiger partial charge < -0.3 is 20.9 Å². The van der Waals surface area contributed by atoms with E-state index in [4.69, 9.17) is 15.6 Å². The number of aromatic nitrogens is 2. The van der Waals surface area contributed by atoms with Gasteiger partial charge in [-0.1, -0.05) is 29.5 Å². The third-order valence-corrected chi connectivity index (χ3v) is 6.05. The molecule has 7 nitrogen and oxygen atoms in total. The normalized spacial score (nSPS) is 15.4. The lowest BCUT2D eigenvalue weighted by molar-refractivity contribution is -0.136. The van der Waals surface area contributed by atoms with E-state index in [0.29, 0.717) is 11.4 Å². The number of fused-ring (bicyclic) bond motifs is 1. The number of carboxylic acids is 1. The molecule has 0 saturated heterocycles. The van der Waals surface area contributed by atoms with Crippen molar-refractivity contribution in [3.8, 4) is 26.9 Å². The van der Waals surface area contributed by atoms with E-state index in [1.165, 1.54) is 16.9 Å². The largest absolute Gasteiger partial charge is 0.489 e. The molecule has 1 aromatic heterocycles. The molecule has 1 atom stereocenters. The van der Waals surface area contributed by atoms with Crippen molar-refractivity contribution >= 4 is 23.0 Å². The second-order valence-electron chi connectivity index (χ2n) is 7.57. The van der Waals surface area contributed by atoms with Crippen molar-refractivity contribution in [2.24, 2.45) is 0 Å². The number of ether oxygens (including phenoxy) is 1. The van der Waals surface area contributed by atoms with Crippen LogP contribution in [0.3, 0.4) is 0 Å². The Bertz CT molecular complexity index is 1080. The van der Waals surface area contributed by atoms with Crippen LogP contribution >= 0.6 is 11.3 Å². The lowest BCUT2D eigenvalue weighted by Crippen LogP contribution is -2.25. The number of nitrogen functional groups attached to an aromatic ring is 1. The summed E-state index contributed by atoms with van der Waals surface area (Å²) in [6, 6.07) is 11.8. The van der Waals surface area contributed by atoms with Gasteiger partial charge in [-0.25, -0.2) is 0 Å². The second-order valence-corrected chi connectivity index (χ2v) is 8.55. The topological polar surface area (TPSA) is 110 Å². The van der Waals surface area contributed by atoms with Gasteiger partial charge in [0.15, 0.2) is 0 Å². The summed E-state index contributed by atoms with van der Waals surface area (Å²) in [5, 5.41) is 22.5. The Labute approximate surface area is 178 Å². The first-order valence-electron chi connectivity index (χ1n) is 9.89. The number of anilines is 1. The number of aliphatic carboxylic acids is 1. The Morgan fingerprint density at radius 1 is 1.30 bits per heavy atom. The molecule has 0 saturated carbocycles. The lowest BCUT2D eigenvalue weighted by atomic mass is 10.0. The van der Waals surface area contributed by atoms with Gasteiger partial charge in [0.2, 0.25) is 0 Å². The second kappa shape index (κ2) is 8.41. The number of hydrogen-bond acceptors (Lipinski definition) is 7. The molecule has 0 bridgehead atoms. The summed E-state index contributed by atoms with van der Waals surface area (Å²) in [6.45, 7) is 3.88. The number of rotatable bonds is 7. The van der Waals surface area contributed by atoms with Crippen LogP contribution in [-0.4, -0.2) is 33.9 Å². The van der Waals surface area contributed by atoms with Crippen LogP contribution in [0.5, 0.6) is 5.75 Å². The van der Waals surface area contributed by atoms with Crippen molar-refractivity contribution in [1.29, 1.82) is 0 Å². The SMILES string of the molecule is CC(C)Oc1ccc(-c2nnc(-c3cccc4c3CCC4NCC(=O)O)s2)cc1N. The zero-order chi connectivity index (χ0) is 21.3. The van der Waals surface area contributed by atoms with Crippen LogP contribution in [-0.2, 0) is 11.2 Å². The lowest BCUT2D eigenvalue weighted by Gasteiger charge is -2.13. The maximum atomic E-state index is 10.9. The summed E-state index contributed by atoms with van der Waals surface area (Å²) >= 11 is 1.52. The highest BCUT2D eigenvalue weighted by atomic mass is 32.1. The molecule has 0 amide bonds. The van der Waals surface area contributed by atoms with Gasteiger partial charge in [-0.05, 0) is 56.0 Å². The highest BCUT2D eigenvalue weighted by molar-refractivity contribution is 7.17. The number of hydrogen-bond donors (Lipinski definition) is 3. The van der Waals surface area contributed by atoms with Gasteiger partial charge in [0.1, 0.15) is 15.8 Å². The van der Waals surface area contributed by atoms with Crippen LogP contribution in [0.1, 0.15) is 37.4 Å². The van der Waals surface area contributed by atoms with Gasteiger partial charge in [-0.15, -0.1) is 10.2 Å². The highest BCUT2D eigenvalue weighted by Crippen LogP contribution is 2.40. The van der Waals surface area contributed by atoms with E-state index in [1.54, 1.807) is 0 Å². The molecule has 156 valence electrons. The molecular formula is C22H24N4O3S. The monoisotopic (exact) mass is 424 g/mol. The van der Waals surface area contributed by atoms with Crippen molar-refractivity contribution in [1.82, 2.24) is 15.5 Å². The smallest absolute Gasteiger partial charge is 0.317 e. The van der Waals surface area contributed by atoms with E-state index in [0.717, 1.165) is 39.5 Å². The fourth-order valence-corrected chi connectivity index (χ4v) is 4.66. The minimum absolute atomic E-state index is 0.0464. The summed E-state index contributed by atoms with van der Waals surface area (Å²) in [5.74, 6) is -0.184. The fourth-order valence-electron chi connectivity index (χ4n) is 3.77. The molecule has 0 radical (unpaired) electrons. The quantitative estimate of drug-likeness (QED) is 0.493. The molecule has 0 fully saturated rings. The van der Waals surface area contributed by atoms with Crippen LogP contribution in [0, 0.1) is 0 Å². The number of nitrogens with one attached hydrogen (secondary N) is 1. The number of carbonyl (C=O) groups is 1. The van der Waals surface area contributed by atoms with Crippen molar-refractivity contribution in [2.75, 3.05) is 12.3 Å². The van der Waals surface area contributed by atoms with Gasteiger partial charge in [0.25, 0.3) is 0 Å². The molecular weight excluding hydrogens is 400 g/mol. The van der Waals surface area contributed by atoms with Crippen molar-refractivity contribution in [3.63, 3.8) is 0 Å². The molecule has 2 aromatic carbocycles. The minimum atomic E-state index is -0.850. The number of carboxylic acid groups (broad SMARTS) is 1. The van der Waals surface area contributed by atoms with E-state index < -0.39 is 5.97 Å². The van der Waals surface area contributed by atoms with Crippen molar-refractivity contribution in [2.45, 2.75) is 38.8 Å². The zero-order valence-electron chi connectivity index (χ0n) is 16.9. The van der Waals surface area contributed by atoms with Crippen LogP contribution in [0.2, 0.25) is 0 Å². The van der Waals surface area contributed by atoms with E-state index in [-0.39, 0.29) is 18.7 Å². The molecule has 1 unspecified atom stereocenters. The first kappa shape index (κ1) is 20.3. The molecule has 1 aliphatic rings. The van der Waals surface area contributed by atoms with Gasteiger partial charge in [-0.2, -0.15) is 0 Å². The molecule has 0 aliphatic heterocycles. The maximum absolute atomic E-state index is 10.9. The Morgan fingerprint density at radius 2 is 2.10 bits per heavy atom. The third-order valence-electron chi connectivity index (χ3n) is 5.05. The Morgan fingerprint density at radius 3 is 2.83 bits per heavy atom. The first-order valence-corrected chi connectivity index (χ1v) is 10.7. The average Bonchev–Trinajstić information content (AvgIpc) is 3.34. The predicted molar refractivity (Wildman–Crippen MR) is 118 cm³/mol. The summed E-state index contributed by atoms with van der Waals surface area (Å²) in [7, 11) is 0.